The third kappa shape index (κ3) is 3.19. The first kappa shape index (κ1) is 18.0. The van der Waals surface area contributed by atoms with Crippen molar-refractivity contribution >= 4 is 38.3 Å². The molecule has 0 aliphatic carbocycles. The standard InChI is InChI=1S/C22H23BrN4O/c1-14-9-16-10-15(12-26-7-5-17(28)13-26)11-24-21(16)22(25-14)27-8-6-18-19(23)3-2-4-20(18)27/h2-4,9-11,17,28H,5-8,12-13H2,1H3/t17-/m1/s1. The summed E-state index contributed by atoms with van der Waals surface area (Å²) in [6.45, 7) is 5.48. The van der Waals surface area contributed by atoms with Crippen molar-refractivity contribution in [2.24, 2.45) is 0 Å². The normalized spacial score (nSPS) is 19.5. The highest BCUT2D eigenvalue weighted by atomic mass is 79.9. The van der Waals surface area contributed by atoms with E-state index in [4.69, 9.17) is 9.97 Å². The van der Waals surface area contributed by atoms with E-state index < -0.39 is 0 Å². The number of aliphatic hydroxyl groups is 1. The zero-order valence-electron chi connectivity index (χ0n) is 15.9. The predicted octanol–water partition coefficient (Wildman–Crippen LogP) is 3.96. The number of aromatic nitrogens is 2. The summed E-state index contributed by atoms with van der Waals surface area (Å²) in [4.78, 5) is 14.3. The Balaban J connectivity index is 1.53. The minimum absolute atomic E-state index is 0.193. The van der Waals surface area contributed by atoms with Crippen LogP contribution in [0.15, 0.2) is 41.0 Å². The van der Waals surface area contributed by atoms with Gasteiger partial charge in [-0.3, -0.25) is 9.88 Å². The van der Waals surface area contributed by atoms with E-state index in [1.54, 1.807) is 0 Å². The minimum Gasteiger partial charge on any atom is -0.392 e. The van der Waals surface area contributed by atoms with E-state index in [1.165, 1.54) is 16.8 Å². The molecule has 2 aliphatic heterocycles. The summed E-state index contributed by atoms with van der Waals surface area (Å²) >= 11 is 3.68. The zero-order chi connectivity index (χ0) is 19.3. The van der Waals surface area contributed by atoms with Gasteiger partial charge in [0.25, 0.3) is 0 Å². The van der Waals surface area contributed by atoms with Crippen molar-refractivity contribution in [3.8, 4) is 0 Å². The topological polar surface area (TPSA) is 52.5 Å². The van der Waals surface area contributed by atoms with Crippen LogP contribution in [0.25, 0.3) is 10.9 Å². The maximum atomic E-state index is 9.77. The van der Waals surface area contributed by atoms with Crippen LogP contribution in [0, 0.1) is 6.92 Å². The summed E-state index contributed by atoms with van der Waals surface area (Å²) in [6.07, 6.45) is 3.63. The molecule has 28 heavy (non-hydrogen) atoms. The zero-order valence-corrected chi connectivity index (χ0v) is 17.5. The second-order valence-corrected chi connectivity index (χ2v) is 8.67. The number of halogens is 1. The van der Waals surface area contributed by atoms with Gasteiger partial charge in [0.05, 0.1) is 6.10 Å². The fraction of sp³-hybridized carbons (Fsp3) is 0.364. The lowest BCUT2D eigenvalue weighted by Gasteiger charge is -2.21. The molecule has 6 heteroatoms. The van der Waals surface area contributed by atoms with Gasteiger partial charge in [0, 0.05) is 53.6 Å². The molecule has 0 amide bonds. The molecule has 1 fully saturated rings. The molecule has 3 aromatic rings. The number of benzene rings is 1. The quantitative estimate of drug-likeness (QED) is 0.670. The maximum Gasteiger partial charge on any atom is 0.159 e. The van der Waals surface area contributed by atoms with Crippen LogP contribution in [-0.4, -0.2) is 45.7 Å². The number of aliphatic hydroxyl groups excluding tert-OH is 1. The van der Waals surface area contributed by atoms with Crippen LogP contribution >= 0.6 is 15.9 Å². The third-order valence-corrected chi connectivity index (χ3v) is 6.45. The first-order valence-corrected chi connectivity index (χ1v) is 10.6. The molecule has 4 heterocycles. The monoisotopic (exact) mass is 438 g/mol. The summed E-state index contributed by atoms with van der Waals surface area (Å²) in [5.74, 6) is 0.940. The van der Waals surface area contributed by atoms with E-state index in [1.807, 2.05) is 13.1 Å². The minimum atomic E-state index is -0.193. The van der Waals surface area contributed by atoms with E-state index in [2.05, 4.69) is 56.1 Å². The van der Waals surface area contributed by atoms with E-state index in [-0.39, 0.29) is 6.10 Å². The summed E-state index contributed by atoms with van der Waals surface area (Å²) in [7, 11) is 0. The SMILES string of the molecule is Cc1cc2cc(CN3CC[C@@H](O)C3)cnc2c(N2CCc3c(Br)cccc32)n1. The van der Waals surface area contributed by atoms with Gasteiger partial charge in [0.15, 0.2) is 5.82 Å². The number of β-amino-alcohol motifs (C(OH)–C–C–N with tert-alkyl or cyclic N) is 1. The van der Waals surface area contributed by atoms with Gasteiger partial charge in [-0.1, -0.05) is 22.0 Å². The van der Waals surface area contributed by atoms with Gasteiger partial charge in [0.1, 0.15) is 5.52 Å². The van der Waals surface area contributed by atoms with Crippen LogP contribution in [0.3, 0.4) is 0 Å². The molecular formula is C22H23BrN4O. The summed E-state index contributed by atoms with van der Waals surface area (Å²) in [6, 6.07) is 10.7. The first-order valence-electron chi connectivity index (χ1n) is 9.80. The number of nitrogens with zero attached hydrogens (tertiary/aromatic N) is 4. The molecule has 0 radical (unpaired) electrons. The average Bonchev–Trinajstić information content (AvgIpc) is 3.28. The van der Waals surface area contributed by atoms with Crippen LogP contribution in [0.2, 0.25) is 0 Å². The molecule has 0 unspecified atom stereocenters. The Morgan fingerprint density at radius 3 is 2.96 bits per heavy atom. The second-order valence-electron chi connectivity index (χ2n) is 7.82. The molecule has 0 saturated carbocycles. The number of pyridine rings is 2. The number of rotatable bonds is 3. The molecule has 2 aliphatic rings. The molecule has 0 spiro atoms. The third-order valence-electron chi connectivity index (χ3n) is 5.71. The molecule has 5 rings (SSSR count). The lowest BCUT2D eigenvalue weighted by atomic mass is 10.1. The fourth-order valence-corrected chi connectivity index (χ4v) is 4.96. The van der Waals surface area contributed by atoms with Crippen molar-refractivity contribution in [1.82, 2.24) is 14.9 Å². The highest BCUT2D eigenvalue weighted by molar-refractivity contribution is 9.10. The van der Waals surface area contributed by atoms with Crippen molar-refractivity contribution in [3.63, 3.8) is 0 Å². The lowest BCUT2D eigenvalue weighted by Crippen LogP contribution is -2.21. The number of anilines is 2. The van der Waals surface area contributed by atoms with Crippen LogP contribution in [0.5, 0.6) is 0 Å². The van der Waals surface area contributed by atoms with Crippen LogP contribution < -0.4 is 4.90 Å². The second kappa shape index (κ2) is 7.10. The van der Waals surface area contributed by atoms with Crippen molar-refractivity contribution in [1.29, 1.82) is 0 Å². The first-order chi connectivity index (χ1) is 13.6. The van der Waals surface area contributed by atoms with Gasteiger partial charge in [-0.05, 0) is 55.2 Å². The Kier molecular flexibility index (Phi) is 4.57. The molecule has 1 saturated heterocycles. The molecular weight excluding hydrogens is 416 g/mol. The molecule has 1 N–H and O–H groups in total. The van der Waals surface area contributed by atoms with E-state index in [0.717, 1.165) is 65.9 Å². The van der Waals surface area contributed by atoms with Crippen molar-refractivity contribution in [3.05, 3.63) is 57.8 Å². The molecule has 1 aromatic carbocycles. The molecule has 144 valence electrons. The van der Waals surface area contributed by atoms with Crippen LogP contribution in [-0.2, 0) is 13.0 Å². The van der Waals surface area contributed by atoms with Gasteiger partial charge in [-0.15, -0.1) is 0 Å². The lowest BCUT2D eigenvalue weighted by molar-refractivity contribution is 0.175. The van der Waals surface area contributed by atoms with Crippen molar-refractivity contribution in [2.75, 3.05) is 24.5 Å². The smallest absolute Gasteiger partial charge is 0.159 e. The van der Waals surface area contributed by atoms with Gasteiger partial charge >= 0.3 is 0 Å². The average molecular weight is 439 g/mol. The Hall–Kier alpha value is -2.02. The van der Waals surface area contributed by atoms with Gasteiger partial charge in [-0.25, -0.2) is 4.98 Å². The largest absolute Gasteiger partial charge is 0.392 e. The summed E-state index contributed by atoms with van der Waals surface area (Å²) in [5.41, 5.74) is 5.68. The number of fused-ring (bicyclic) bond motifs is 2. The highest BCUT2D eigenvalue weighted by Crippen LogP contribution is 2.39. The van der Waals surface area contributed by atoms with Crippen LogP contribution in [0.1, 0.15) is 23.2 Å². The van der Waals surface area contributed by atoms with Crippen molar-refractivity contribution in [2.45, 2.75) is 32.4 Å². The molecule has 0 bridgehead atoms. The fourth-order valence-electron chi connectivity index (χ4n) is 4.40. The van der Waals surface area contributed by atoms with E-state index in [9.17, 15) is 5.11 Å². The number of hydrogen-bond acceptors (Lipinski definition) is 5. The Bertz CT molecular complexity index is 1050. The van der Waals surface area contributed by atoms with E-state index >= 15 is 0 Å². The highest BCUT2D eigenvalue weighted by Gasteiger charge is 2.25. The van der Waals surface area contributed by atoms with Crippen LogP contribution in [0.4, 0.5) is 11.5 Å². The molecule has 1 atom stereocenters. The predicted molar refractivity (Wildman–Crippen MR) is 115 cm³/mol. The van der Waals surface area contributed by atoms with Gasteiger partial charge < -0.3 is 10.0 Å². The number of likely N-dealkylation sites (tertiary alicyclic amines) is 1. The van der Waals surface area contributed by atoms with E-state index in [0.29, 0.717) is 0 Å². The van der Waals surface area contributed by atoms with Crippen molar-refractivity contribution < 1.29 is 5.11 Å². The van der Waals surface area contributed by atoms with Gasteiger partial charge in [0.2, 0.25) is 0 Å². The number of aryl methyl sites for hydroxylation is 1. The summed E-state index contributed by atoms with van der Waals surface area (Å²) in [5, 5.41) is 10.9. The molecule has 2 aromatic heterocycles. The maximum absolute atomic E-state index is 9.77. The number of hydrogen-bond donors (Lipinski definition) is 1. The Labute approximate surface area is 173 Å². The van der Waals surface area contributed by atoms with Gasteiger partial charge in [-0.2, -0.15) is 0 Å². The Morgan fingerprint density at radius 1 is 1.25 bits per heavy atom. The molecule has 5 nitrogen and oxygen atoms in total. The summed E-state index contributed by atoms with van der Waals surface area (Å²) < 4.78 is 1.16. The Morgan fingerprint density at radius 2 is 2.14 bits per heavy atom.